The van der Waals surface area contributed by atoms with E-state index in [1.165, 1.54) is 11.1 Å². The van der Waals surface area contributed by atoms with Gasteiger partial charge < -0.3 is 5.11 Å². The summed E-state index contributed by atoms with van der Waals surface area (Å²) in [5, 5.41) is 8.77. The third-order valence-corrected chi connectivity index (χ3v) is 2.53. The number of aryl methyl sites for hydroxylation is 2. The van der Waals surface area contributed by atoms with Crippen LogP contribution in [0.25, 0.3) is 0 Å². The summed E-state index contributed by atoms with van der Waals surface area (Å²) in [7, 11) is 0. The molecular formula is C12H16O2. The molecule has 1 aromatic rings. The lowest BCUT2D eigenvalue weighted by molar-refractivity contribution is -0.141. The molecule has 0 aliphatic carbocycles. The van der Waals surface area contributed by atoms with E-state index in [1.807, 2.05) is 19.1 Å². The maximum absolute atomic E-state index is 10.7. The van der Waals surface area contributed by atoms with Crippen molar-refractivity contribution in [3.8, 4) is 0 Å². The fourth-order valence-electron chi connectivity index (χ4n) is 1.37. The molecule has 0 saturated carbocycles. The molecule has 14 heavy (non-hydrogen) atoms. The van der Waals surface area contributed by atoms with Crippen molar-refractivity contribution in [3.05, 3.63) is 34.9 Å². The number of hydrogen-bond acceptors (Lipinski definition) is 1. The molecular weight excluding hydrogens is 176 g/mol. The highest BCUT2D eigenvalue weighted by Crippen LogP contribution is 2.13. The van der Waals surface area contributed by atoms with E-state index in [9.17, 15) is 4.79 Å². The summed E-state index contributed by atoms with van der Waals surface area (Å²) in [6, 6.07) is 6.11. The lowest BCUT2D eigenvalue weighted by Crippen LogP contribution is -2.12. The van der Waals surface area contributed by atoms with Crippen LogP contribution in [0, 0.1) is 19.8 Å². The quantitative estimate of drug-likeness (QED) is 0.799. The molecule has 0 aliphatic heterocycles. The summed E-state index contributed by atoms with van der Waals surface area (Å²) >= 11 is 0. The van der Waals surface area contributed by atoms with E-state index in [2.05, 4.69) is 13.0 Å². The van der Waals surface area contributed by atoms with Gasteiger partial charge in [-0.2, -0.15) is 0 Å². The minimum atomic E-state index is -0.733. The second-order valence-corrected chi connectivity index (χ2v) is 3.86. The molecule has 0 aliphatic rings. The van der Waals surface area contributed by atoms with Gasteiger partial charge in [-0.05, 0) is 37.0 Å². The smallest absolute Gasteiger partial charge is 0.306 e. The van der Waals surface area contributed by atoms with Crippen molar-refractivity contribution in [2.45, 2.75) is 27.2 Å². The van der Waals surface area contributed by atoms with Gasteiger partial charge in [-0.1, -0.05) is 25.1 Å². The van der Waals surface area contributed by atoms with Crippen LogP contribution in [-0.2, 0) is 11.2 Å². The Balaban J connectivity index is 2.78. The Morgan fingerprint density at radius 3 is 2.50 bits per heavy atom. The molecule has 0 saturated heterocycles. The highest BCUT2D eigenvalue weighted by atomic mass is 16.4. The van der Waals surface area contributed by atoms with Crippen molar-refractivity contribution >= 4 is 5.97 Å². The molecule has 0 radical (unpaired) electrons. The van der Waals surface area contributed by atoms with E-state index in [0.29, 0.717) is 6.42 Å². The van der Waals surface area contributed by atoms with Gasteiger partial charge in [-0.3, -0.25) is 4.79 Å². The summed E-state index contributed by atoms with van der Waals surface area (Å²) < 4.78 is 0. The molecule has 0 spiro atoms. The van der Waals surface area contributed by atoms with Crippen LogP contribution >= 0.6 is 0 Å². The van der Waals surface area contributed by atoms with Crippen molar-refractivity contribution in [1.82, 2.24) is 0 Å². The predicted molar refractivity (Wildman–Crippen MR) is 56.4 cm³/mol. The molecule has 0 aromatic heterocycles. The molecule has 2 nitrogen and oxygen atoms in total. The monoisotopic (exact) mass is 192 g/mol. The number of rotatable bonds is 3. The summed E-state index contributed by atoms with van der Waals surface area (Å²) in [6.45, 7) is 5.83. The predicted octanol–water partition coefficient (Wildman–Crippen LogP) is 2.57. The van der Waals surface area contributed by atoms with Gasteiger partial charge in [0.25, 0.3) is 0 Å². The van der Waals surface area contributed by atoms with Gasteiger partial charge in [0, 0.05) is 0 Å². The molecule has 0 unspecified atom stereocenters. The van der Waals surface area contributed by atoms with E-state index >= 15 is 0 Å². The van der Waals surface area contributed by atoms with Crippen molar-refractivity contribution in [2.75, 3.05) is 0 Å². The summed E-state index contributed by atoms with van der Waals surface area (Å²) in [6.07, 6.45) is 0.608. The van der Waals surface area contributed by atoms with Crippen LogP contribution in [0.2, 0.25) is 0 Å². The Bertz CT molecular complexity index is 342. The lowest BCUT2D eigenvalue weighted by atomic mass is 9.98. The van der Waals surface area contributed by atoms with Crippen LogP contribution in [0.5, 0.6) is 0 Å². The molecule has 1 rings (SSSR count). The number of benzene rings is 1. The van der Waals surface area contributed by atoms with Gasteiger partial charge in [-0.25, -0.2) is 0 Å². The highest BCUT2D eigenvalue weighted by Gasteiger charge is 2.11. The summed E-state index contributed by atoms with van der Waals surface area (Å²) in [4.78, 5) is 10.7. The Morgan fingerprint density at radius 2 is 2.00 bits per heavy atom. The standard InChI is InChI=1S/C12H16O2/c1-8-4-5-11(6-9(8)2)7-10(3)12(13)14/h4-6,10H,7H2,1-3H3,(H,13,14)/t10-/m1/s1. The van der Waals surface area contributed by atoms with Gasteiger partial charge >= 0.3 is 5.97 Å². The van der Waals surface area contributed by atoms with Crippen molar-refractivity contribution in [2.24, 2.45) is 5.92 Å². The van der Waals surface area contributed by atoms with E-state index in [0.717, 1.165) is 5.56 Å². The Hall–Kier alpha value is -1.31. The Kier molecular flexibility index (Phi) is 3.28. The minimum absolute atomic E-state index is 0.308. The van der Waals surface area contributed by atoms with Crippen LogP contribution in [0.3, 0.4) is 0 Å². The number of carboxylic acid groups (broad SMARTS) is 1. The van der Waals surface area contributed by atoms with Crippen molar-refractivity contribution < 1.29 is 9.90 Å². The third-order valence-electron chi connectivity index (χ3n) is 2.53. The van der Waals surface area contributed by atoms with Crippen LogP contribution < -0.4 is 0 Å². The molecule has 2 heteroatoms. The first-order valence-corrected chi connectivity index (χ1v) is 4.79. The molecule has 0 bridgehead atoms. The largest absolute Gasteiger partial charge is 0.481 e. The van der Waals surface area contributed by atoms with Crippen LogP contribution in [0.15, 0.2) is 18.2 Å². The average Bonchev–Trinajstić information content (AvgIpc) is 2.11. The van der Waals surface area contributed by atoms with Gasteiger partial charge in [0.2, 0.25) is 0 Å². The fourth-order valence-corrected chi connectivity index (χ4v) is 1.37. The fraction of sp³-hybridized carbons (Fsp3) is 0.417. The first-order chi connectivity index (χ1) is 6.50. The average molecular weight is 192 g/mol. The first-order valence-electron chi connectivity index (χ1n) is 4.79. The molecule has 0 heterocycles. The number of carboxylic acids is 1. The molecule has 1 N–H and O–H groups in total. The summed E-state index contributed by atoms with van der Waals surface area (Å²) in [5.74, 6) is -1.04. The zero-order valence-electron chi connectivity index (χ0n) is 8.87. The van der Waals surface area contributed by atoms with Gasteiger partial charge in [-0.15, -0.1) is 0 Å². The maximum Gasteiger partial charge on any atom is 0.306 e. The lowest BCUT2D eigenvalue weighted by Gasteiger charge is -2.08. The second kappa shape index (κ2) is 4.27. The van der Waals surface area contributed by atoms with Crippen molar-refractivity contribution in [3.63, 3.8) is 0 Å². The normalized spacial score (nSPS) is 12.5. The van der Waals surface area contributed by atoms with Crippen LogP contribution in [0.1, 0.15) is 23.6 Å². The highest BCUT2D eigenvalue weighted by molar-refractivity contribution is 5.69. The Morgan fingerprint density at radius 1 is 1.36 bits per heavy atom. The molecule has 1 atom stereocenters. The van der Waals surface area contributed by atoms with E-state index in [1.54, 1.807) is 6.92 Å². The Labute approximate surface area is 84.6 Å². The van der Waals surface area contributed by atoms with Crippen LogP contribution in [0.4, 0.5) is 0 Å². The van der Waals surface area contributed by atoms with Gasteiger partial charge in [0.05, 0.1) is 5.92 Å². The zero-order valence-corrected chi connectivity index (χ0v) is 8.87. The summed E-state index contributed by atoms with van der Waals surface area (Å²) in [5.41, 5.74) is 3.57. The van der Waals surface area contributed by atoms with Crippen molar-refractivity contribution in [1.29, 1.82) is 0 Å². The van der Waals surface area contributed by atoms with E-state index in [-0.39, 0.29) is 5.92 Å². The molecule has 0 amide bonds. The van der Waals surface area contributed by atoms with Crippen LogP contribution in [-0.4, -0.2) is 11.1 Å². The number of carbonyl (C=O) groups is 1. The third kappa shape index (κ3) is 2.59. The molecule has 76 valence electrons. The first kappa shape index (κ1) is 10.8. The number of aliphatic carboxylic acids is 1. The number of hydrogen-bond donors (Lipinski definition) is 1. The molecule has 0 fully saturated rings. The van der Waals surface area contributed by atoms with Gasteiger partial charge in [0.15, 0.2) is 0 Å². The maximum atomic E-state index is 10.7. The van der Waals surface area contributed by atoms with Gasteiger partial charge in [0.1, 0.15) is 0 Å². The van der Waals surface area contributed by atoms with E-state index in [4.69, 9.17) is 5.11 Å². The zero-order chi connectivity index (χ0) is 10.7. The topological polar surface area (TPSA) is 37.3 Å². The molecule has 1 aromatic carbocycles. The SMILES string of the molecule is Cc1ccc(C[C@@H](C)C(=O)O)cc1C. The second-order valence-electron chi connectivity index (χ2n) is 3.86. The minimum Gasteiger partial charge on any atom is -0.481 e. The van der Waals surface area contributed by atoms with E-state index < -0.39 is 5.97 Å².